The van der Waals surface area contributed by atoms with E-state index in [2.05, 4.69) is 5.10 Å². The van der Waals surface area contributed by atoms with Gasteiger partial charge in [-0.2, -0.15) is 5.10 Å². The third kappa shape index (κ3) is 3.37. The van der Waals surface area contributed by atoms with E-state index in [1.807, 2.05) is 11.9 Å². The molecule has 1 aliphatic carbocycles. The number of nitrogens with zero attached hydrogens (tertiary/aromatic N) is 4. The van der Waals surface area contributed by atoms with E-state index in [1.165, 1.54) is 25.7 Å². The van der Waals surface area contributed by atoms with Crippen molar-refractivity contribution in [2.75, 3.05) is 26.3 Å². The van der Waals surface area contributed by atoms with Crippen LogP contribution in [-0.4, -0.2) is 57.7 Å². The molecule has 4 rings (SSSR count). The van der Waals surface area contributed by atoms with Crippen molar-refractivity contribution in [1.29, 1.82) is 0 Å². The molecule has 2 fully saturated rings. The van der Waals surface area contributed by atoms with Gasteiger partial charge in [0.2, 0.25) is 5.91 Å². The van der Waals surface area contributed by atoms with Gasteiger partial charge in [0.15, 0.2) is 5.69 Å². The second-order valence-electron chi connectivity index (χ2n) is 7.74. The summed E-state index contributed by atoms with van der Waals surface area (Å²) in [5.74, 6) is 0.896. The van der Waals surface area contributed by atoms with Crippen LogP contribution in [0.4, 0.5) is 0 Å². The fourth-order valence-electron chi connectivity index (χ4n) is 4.44. The van der Waals surface area contributed by atoms with Crippen molar-refractivity contribution in [3.8, 4) is 0 Å². The Balaban J connectivity index is 1.41. The topological polar surface area (TPSA) is 67.7 Å². The summed E-state index contributed by atoms with van der Waals surface area (Å²) in [6, 6.07) is 0. The van der Waals surface area contributed by atoms with E-state index in [9.17, 15) is 9.59 Å². The number of morpholine rings is 1. The van der Waals surface area contributed by atoms with Crippen LogP contribution in [0.15, 0.2) is 0 Å². The zero-order valence-electron chi connectivity index (χ0n) is 15.6. The number of amides is 2. The maximum Gasteiger partial charge on any atom is 0.274 e. The first-order valence-corrected chi connectivity index (χ1v) is 9.83. The van der Waals surface area contributed by atoms with Gasteiger partial charge in [-0.05, 0) is 12.3 Å². The van der Waals surface area contributed by atoms with E-state index in [0.717, 1.165) is 23.6 Å². The molecule has 0 radical (unpaired) electrons. The van der Waals surface area contributed by atoms with Gasteiger partial charge >= 0.3 is 0 Å². The van der Waals surface area contributed by atoms with Crippen LogP contribution in [0.5, 0.6) is 0 Å². The number of hydrogen-bond acceptors (Lipinski definition) is 4. The van der Waals surface area contributed by atoms with Crippen molar-refractivity contribution in [2.24, 2.45) is 13.0 Å². The Labute approximate surface area is 154 Å². The minimum Gasteiger partial charge on any atom is -0.378 e. The van der Waals surface area contributed by atoms with Gasteiger partial charge in [0.05, 0.1) is 32.0 Å². The molecule has 1 saturated heterocycles. The predicted molar refractivity (Wildman–Crippen MR) is 95.4 cm³/mol. The highest BCUT2D eigenvalue weighted by Crippen LogP contribution is 2.31. The highest BCUT2D eigenvalue weighted by atomic mass is 16.5. The smallest absolute Gasteiger partial charge is 0.274 e. The molecule has 3 heterocycles. The quantitative estimate of drug-likeness (QED) is 0.820. The molecule has 1 saturated carbocycles. The van der Waals surface area contributed by atoms with Crippen LogP contribution in [-0.2, 0) is 29.7 Å². The lowest BCUT2D eigenvalue weighted by Gasteiger charge is -2.26. The molecule has 2 amide bonds. The molecule has 1 aromatic heterocycles. The number of carbonyl (C=O) groups excluding carboxylic acids is 2. The number of hydrogen-bond donors (Lipinski definition) is 0. The normalized spacial score (nSPS) is 20.7. The number of aryl methyl sites for hydroxylation is 1. The molecule has 3 aliphatic rings. The van der Waals surface area contributed by atoms with Gasteiger partial charge in [0, 0.05) is 32.1 Å². The van der Waals surface area contributed by atoms with Crippen LogP contribution in [0.2, 0.25) is 0 Å². The van der Waals surface area contributed by atoms with Crippen molar-refractivity contribution in [2.45, 2.75) is 51.6 Å². The lowest BCUT2D eigenvalue weighted by atomic mass is 10.0. The zero-order chi connectivity index (χ0) is 18.1. The average molecular weight is 360 g/mol. The molecular weight excluding hydrogens is 332 g/mol. The molecule has 7 nitrogen and oxygen atoms in total. The summed E-state index contributed by atoms with van der Waals surface area (Å²) in [5, 5.41) is 4.46. The molecule has 0 atom stereocenters. The van der Waals surface area contributed by atoms with Gasteiger partial charge in [-0.1, -0.05) is 25.7 Å². The second-order valence-corrected chi connectivity index (χ2v) is 7.74. The van der Waals surface area contributed by atoms with Crippen LogP contribution in [0.3, 0.4) is 0 Å². The highest BCUT2D eigenvalue weighted by molar-refractivity contribution is 5.94. The first kappa shape index (κ1) is 17.5. The van der Waals surface area contributed by atoms with Crippen LogP contribution < -0.4 is 0 Å². The van der Waals surface area contributed by atoms with E-state index in [4.69, 9.17) is 4.74 Å². The molecule has 142 valence electrons. The first-order chi connectivity index (χ1) is 12.6. The highest BCUT2D eigenvalue weighted by Gasteiger charge is 2.34. The number of carbonyl (C=O) groups is 2. The standard InChI is InChI=1S/C19H28N4O3/c1-21-16-13-23(17(24)7-6-14-4-2-3-5-14)12-15(16)18(20-21)19(25)22-8-10-26-11-9-22/h14H,2-13H2,1H3. The second kappa shape index (κ2) is 7.39. The molecule has 0 aromatic carbocycles. The summed E-state index contributed by atoms with van der Waals surface area (Å²) in [6.07, 6.45) is 6.80. The van der Waals surface area contributed by atoms with Gasteiger partial charge in [-0.3, -0.25) is 14.3 Å². The largest absolute Gasteiger partial charge is 0.378 e. The summed E-state index contributed by atoms with van der Waals surface area (Å²) >= 11 is 0. The zero-order valence-corrected chi connectivity index (χ0v) is 15.6. The third-order valence-corrected chi connectivity index (χ3v) is 6.06. The lowest BCUT2D eigenvalue weighted by Crippen LogP contribution is -2.41. The van der Waals surface area contributed by atoms with Crippen LogP contribution in [0, 0.1) is 5.92 Å². The summed E-state index contributed by atoms with van der Waals surface area (Å²) in [7, 11) is 1.86. The third-order valence-electron chi connectivity index (χ3n) is 6.06. The van der Waals surface area contributed by atoms with E-state index >= 15 is 0 Å². The van der Waals surface area contributed by atoms with E-state index in [1.54, 1.807) is 9.58 Å². The van der Waals surface area contributed by atoms with Crippen molar-refractivity contribution in [1.82, 2.24) is 19.6 Å². The monoisotopic (exact) mass is 360 g/mol. The number of fused-ring (bicyclic) bond motifs is 1. The Morgan fingerprint density at radius 2 is 1.85 bits per heavy atom. The fourth-order valence-corrected chi connectivity index (χ4v) is 4.44. The summed E-state index contributed by atoms with van der Waals surface area (Å²) < 4.78 is 7.10. The summed E-state index contributed by atoms with van der Waals surface area (Å²) in [6.45, 7) is 3.44. The Morgan fingerprint density at radius 1 is 1.12 bits per heavy atom. The van der Waals surface area contributed by atoms with E-state index in [-0.39, 0.29) is 11.8 Å². The Bertz CT molecular complexity index is 687. The Kier molecular flexibility index (Phi) is 4.98. The molecular formula is C19H28N4O3. The maximum atomic E-state index is 12.8. The number of rotatable bonds is 4. The number of aromatic nitrogens is 2. The van der Waals surface area contributed by atoms with Gasteiger partial charge in [0.1, 0.15) is 0 Å². The van der Waals surface area contributed by atoms with Crippen LogP contribution in [0.1, 0.15) is 60.3 Å². The van der Waals surface area contributed by atoms with Gasteiger partial charge in [0.25, 0.3) is 5.91 Å². The predicted octanol–water partition coefficient (Wildman–Crippen LogP) is 1.71. The van der Waals surface area contributed by atoms with E-state index in [0.29, 0.717) is 51.5 Å². The first-order valence-electron chi connectivity index (χ1n) is 9.83. The van der Waals surface area contributed by atoms with Crippen molar-refractivity contribution < 1.29 is 14.3 Å². The van der Waals surface area contributed by atoms with Gasteiger partial charge < -0.3 is 14.5 Å². The molecule has 26 heavy (non-hydrogen) atoms. The number of ether oxygens (including phenoxy) is 1. The average Bonchev–Trinajstić information content (AvgIpc) is 3.38. The Hall–Kier alpha value is -1.89. The van der Waals surface area contributed by atoms with Gasteiger partial charge in [-0.25, -0.2) is 0 Å². The summed E-state index contributed by atoms with van der Waals surface area (Å²) in [5.41, 5.74) is 2.43. The molecule has 1 aromatic rings. The molecule has 2 aliphatic heterocycles. The fraction of sp³-hybridized carbons (Fsp3) is 0.737. The SMILES string of the molecule is Cn1nc(C(=O)N2CCOCC2)c2c1CN(C(=O)CCC1CCCC1)C2. The van der Waals surface area contributed by atoms with Gasteiger partial charge in [-0.15, -0.1) is 0 Å². The van der Waals surface area contributed by atoms with E-state index < -0.39 is 0 Å². The summed E-state index contributed by atoms with van der Waals surface area (Å²) in [4.78, 5) is 29.2. The minimum absolute atomic E-state index is 0.0367. The lowest BCUT2D eigenvalue weighted by molar-refractivity contribution is -0.132. The van der Waals surface area contributed by atoms with Crippen molar-refractivity contribution in [3.63, 3.8) is 0 Å². The molecule has 7 heteroatoms. The molecule has 0 N–H and O–H groups in total. The maximum absolute atomic E-state index is 12.8. The minimum atomic E-state index is -0.0367. The van der Waals surface area contributed by atoms with Crippen molar-refractivity contribution in [3.05, 3.63) is 17.0 Å². The molecule has 0 unspecified atom stereocenters. The molecule has 0 spiro atoms. The van der Waals surface area contributed by atoms with Crippen molar-refractivity contribution >= 4 is 11.8 Å². The Morgan fingerprint density at radius 3 is 2.58 bits per heavy atom. The van der Waals surface area contributed by atoms with Crippen LogP contribution >= 0.6 is 0 Å². The molecule has 0 bridgehead atoms. The van der Waals surface area contributed by atoms with Crippen LogP contribution in [0.25, 0.3) is 0 Å².